The summed E-state index contributed by atoms with van der Waals surface area (Å²) in [5, 5.41) is 8.67. The van der Waals surface area contributed by atoms with Crippen molar-refractivity contribution in [3.8, 4) is 11.5 Å². The van der Waals surface area contributed by atoms with Crippen LogP contribution in [-0.4, -0.2) is 46.3 Å². The molecular weight excluding hydrogens is 466 g/mol. The number of rotatable bonds is 7. The number of thioether (sulfide) groups is 1. The van der Waals surface area contributed by atoms with Crippen molar-refractivity contribution in [3.05, 3.63) is 58.6 Å². The molecule has 33 heavy (non-hydrogen) atoms. The van der Waals surface area contributed by atoms with Gasteiger partial charge in [0.05, 0.1) is 0 Å². The molecule has 0 spiro atoms. The van der Waals surface area contributed by atoms with E-state index in [9.17, 15) is 14.4 Å². The Morgan fingerprint density at radius 1 is 1.18 bits per heavy atom. The van der Waals surface area contributed by atoms with Gasteiger partial charge in [0, 0.05) is 35.3 Å². The Kier molecular flexibility index (Phi) is 6.80. The topological polar surface area (TPSA) is 103 Å². The van der Waals surface area contributed by atoms with Crippen molar-refractivity contribution in [2.45, 2.75) is 31.6 Å². The van der Waals surface area contributed by atoms with Gasteiger partial charge in [-0.05, 0) is 61.4 Å². The van der Waals surface area contributed by atoms with Gasteiger partial charge in [-0.2, -0.15) is 0 Å². The molecule has 0 aliphatic carbocycles. The van der Waals surface area contributed by atoms with Gasteiger partial charge in [0.25, 0.3) is 5.22 Å². The number of carbonyl (C=O) groups is 3. The molecule has 0 bridgehead atoms. The average Bonchev–Trinajstić information content (AvgIpc) is 3.44. The van der Waals surface area contributed by atoms with Crippen LogP contribution in [0.1, 0.15) is 29.8 Å². The van der Waals surface area contributed by atoms with E-state index in [1.807, 2.05) is 0 Å². The molecule has 1 aliphatic rings. The fraction of sp³-hybridized carbons (Fsp3) is 0.261. The fourth-order valence-corrected chi connectivity index (χ4v) is 4.17. The number of anilines is 1. The largest absolute Gasteiger partial charge is 0.454 e. The van der Waals surface area contributed by atoms with E-state index in [0.29, 0.717) is 35.0 Å². The molecule has 3 aromatic rings. The summed E-state index contributed by atoms with van der Waals surface area (Å²) in [6, 6.07) is 12.1. The molecule has 4 rings (SSSR count). The zero-order valence-electron chi connectivity index (χ0n) is 17.9. The minimum atomic E-state index is -0.950. The smallest absolute Gasteiger partial charge is 0.317 e. The molecule has 1 atom stereocenters. The highest BCUT2D eigenvalue weighted by molar-refractivity contribution is 7.99. The van der Waals surface area contributed by atoms with Gasteiger partial charge in [0.2, 0.25) is 17.6 Å². The number of benzene rings is 2. The molecule has 8 nitrogen and oxygen atoms in total. The maximum Gasteiger partial charge on any atom is 0.317 e. The number of aromatic nitrogens is 2. The van der Waals surface area contributed by atoms with Gasteiger partial charge in [-0.1, -0.05) is 23.4 Å². The molecule has 0 fully saturated rings. The summed E-state index contributed by atoms with van der Waals surface area (Å²) in [7, 11) is 0. The van der Waals surface area contributed by atoms with Gasteiger partial charge in [0.1, 0.15) is 5.75 Å². The average molecular weight is 486 g/mol. The van der Waals surface area contributed by atoms with Crippen LogP contribution in [0.4, 0.5) is 5.69 Å². The van der Waals surface area contributed by atoms with E-state index in [0.717, 1.165) is 23.0 Å². The summed E-state index contributed by atoms with van der Waals surface area (Å²) in [5.41, 5.74) is 2.90. The molecule has 170 valence electrons. The Hall–Kier alpha value is -3.17. The molecule has 2 heterocycles. The Balaban J connectivity index is 1.31. The third-order valence-electron chi connectivity index (χ3n) is 5.13. The Morgan fingerprint density at radius 3 is 2.67 bits per heavy atom. The lowest BCUT2D eigenvalue weighted by molar-refractivity contribution is -0.143. The minimum Gasteiger partial charge on any atom is -0.454 e. The van der Waals surface area contributed by atoms with Crippen LogP contribution in [0.25, 0.3) is 11.5 Å². The number of hydrogen-bond donors (Lipinski definition) is 0. The number of fused-ring (bicyclic) bond motifs is 1. The van der Waals surface area contributed by atoms with Gasteiger partial charge < -0.3 is 14.1 Å². The van der Waals surface area contributed by atoms with E-state index < -0.39 is 12.1 Å². The third-order valence-corrected chi connectivity index (χ3v) is 6.17. The van der Waals surface area contributed by atoms with E-state index in [1.54, 1.807) is 47.4 Å². The Morgan fingerprint density at radius 2 is 1.94 bits per heavy atom. The van der Waals surface area contributed by atoms with Crippen molar-refractivity contribution in [2.75, 3.05) is 17.2 Å². The number of Topliss-reactive ketones (excluding diaryl/α,β-unsaturated/α-hetero) is 1. The van der Waals surface area contributed by atoms with Crippen LogP contribution in [0.3, 0.4) is 0 Å². The van der Waals surface area contributed by atoms with Crippen molar-refractivity contribution in [2.24, 2.45) is 0 Å². The molecule has 0 saturated carbocycles. The zero-order valence-corrected chi connectivity index (χ0v) is 19.5. The molecule has 0 radical (unpaired) electrons. The molecule has 1 amide bonds. The number of ketones is 1. The normalized spacial score (nSPS) is 13.5. The van der Waals surface area contributed by atoms with Crippen LogP contribution >= 0.6 is 23.4 Å². The summed E-state index contributed by atoms with van der Waals surface area (Å²) in [4.78, 5) is 38.3. The van der Waals surface area contributed by atoms with Gasteiger partial charge >= 0.3 is 5.97 Å². The number of carbonyl (C=O) groups excluding carboxylic acids is 3. The van der Waals surface area contributed by atoms with Crippen molar-refractivity contribution >= 4 is 46.7 Å². The first-order valence-electron chi connectivity index (χ1n) is 10.2. The summed E-state index contributed by atoms with van der Waals surface area (Å²) >= 11 is 6.90. The molecular formula is C23H20ClN3O5S. The lowest BCUT2D eigenvalue weighted by Gasteiger charge is -2.16. The van der Waals surface area contributed by atoms with Crippen LogP contribution in [-0.2, 0) is 20.7 Å². The minimum absolute atomic E-state index is 0.0332. The number of nitrogens with zero attached hydrogens (tertiary/aromatic N) is 3. The molecule has 0 saturated heterocycles. The SMILES string of the molecule is CC(=O)N1CCc2cc(C(=O)C(C)OC(=O)CSc3nnc(-c4ccc(Cl)cc4)o3)ccc21. The zero-order chi connectivity index (χ0) is 23.5. The fourth-order valence-electron chi connectivity index (χ4n) is 3.50. The maximum atomic E-state index is 12.7. The van der Waals surface area contributed by atoms with E-state index in [1.165, 1.54) is 13.8 Å². The van der Waals surface area contributed by atoms with Crippen molar-refractivity contribution in [1.29, 1.82) is 0 Å². The third kappa shape index (κ3) is 5.26. The standard InChI is InChI=1S/C23H20ClN3O5S/c1-13(21(30)17-5-8-19-16(11-17)9-10-27(19)14(2)28)31-20(29)12-33-23-26-25-22(32-23)15-3-6-18(24)7-4-15/h3-8,11,13H,9-10,12H2,1-2H3. The number of hydrogen-bond acceptors (Lipinski definition) is 8. The van der Waals surface area contributed by atoms with Gasteiger partial charge in [-0.15, -0.1) is 10.2 Å². The highest BCUT2D eigenvalue weighted by atomic mass is 35.5. The summed E-state index contributed by atoms with van der Waals surface area (Å²) in [6.45, 7) is 3.64. The van der Waals surface area contributed by atoms with E-state index in [2.05, 4.69) is 10.2 Å². The number of amides is 1. The highest BCUT2D eigenvalue weighted by Crippen LogP contribution is 2.29. The lowest BCUT2D eigenvalue weighted by atomic mass is 10.0. The second-order valence-electron chi connectivity index (χ2n) is 7.43. The van der Waals surface area contributed by atoms with Crippen molar-refractivity contribution in [1.82, 2.24) is 10.2 Å². The molecule has 1 aromatic heterocycles. The Labute approximate surface area is 199 Å². The van der Waals surface area contributed by atoms with Crippen molar-refractivity contribution < 1.29 is 23.5 Å². The van der Waals surface area contributed by atoms with Crippen LogP contribution in [0.15, 0.2) is 52.1 Å². The number of halogens is 1. The predicted molar refractivity (Wildman–Crippen MR) is 124 cm³/mol. The van der Waals surface area contributed by atoms with Gasteiger partial charge in [-0.3, -0.25) is 14.4 Å². The number of esters is 1. The first-order chi connectivity index (χ1) is 15.8. The van der Waals surface area contributed by atoms with Gasteiger partial charge in [0.15, 0.2) is 6.10 Å². The molecule has 0 N–H and O–H groups in total. The quantitative estimate of drug-likeness (QED) is 0.278. The molecule has 1 unspecified atom stereocenters. The molecule has 1 aliphatic heterocycles. The van der Waals surface area contributed by atoms with Crippen molar-refractivity contribution in [3.63, 3.8) is 0 Å². The lowest BCUT2D eigenvalue weighted by Crippen LogP contribution is -2.26. The number of ether oxygens (including phenoxy) is 1. The summed E-state index contributed by atoms with van der Waals surface area (Å²) in [6.07, 6.45) is -0.267. The molecule has 2 aromatic carbocycles. The van der Waals surface area contributed by atoms with Crippen LogP contribution in [0.5, 0.6) is 0 Å². The van der Waals surface area contributed by atoms with Crippen LogP contribution in [0, 0.1) is 0 Å². The maximum absolute atomic E-state index is 12.7. The Bertz CT molecular complexity index is 1210. The van der Waals surface area contributed by atoms with Crippen LogP contribution in [0.2, 0.25) is 5.02 Å². The summed E-state index contributed by atoms with van der Waals surface area (Å²) in [5.74, 6) is -0.686. The van der Waals surface area contributed by atoms with E-state index in [-0.39, 0.29) is 22.7 Å². The highest BCUT2D eigenvalue weighted by Gasteiger charge is 2.25. The first-order valence-corrected chi connectivity index (χ1v) is 11.5. The second kappa shape index (κ2) is 9.76. The predicted octanol–water partition coefficient (Wildman–Crippen LogP) is 4.21. The summed E-state index contributed by atoms with van der Waals surface area (Å²) < 4.78 is 10.8. The van der Waals surface area contributed by atoms with E-state index >= 15 is 0 Å². The second-order valence-corrected chi connectivity index (χ2v) is 8.79. The van der Waals surface area contributed by atoms with Crippen LogP contribution < -0.4 is 4.90 Å². The monoisotopic (exact) mass is 485 g/mol. The first kappa shape index (κ1) is 23.0. The van der Waals surface area contributed by atoms with Gasteiger partial charge in [-0.25, -0.2) is 0 Å². The molecule has 10 heteroatoms. The van der Waals surface area contributed by atoms with E-state index in [4.69, 9.17) is 20.8 Å².